The van der Waals surface area contributed by atoms with E-state index in [2.05, 4.69) is 38.1 Å². The second-order valence-corrected chi connectivity index (χ2v) is 5.47. The molecule has 1 aliphatic carbocycles. The molecule has 0 N–H and O–H groups in total. The van der Waals surface area contributed by atoms with E-state index in [1.807, 2.05) is 0 Å². The summed E-state index contributed by atoms with van der Waals surface area (Å²) >= 11 is 0. The van der Waals surface area contributed by atoms with E-state index in [-0.39, 0.29) is 5.79 Å². The van der Waals surface area contributed by atoms with Crippen LogP contribution in [0.5, 0.6) is 0 Å². The summed E-state index contributed by atoms with van der Waals surface area (Å²) in [6.07, 6.45) is 5.67. The maximum Gasteiger partial charge on any atom is 0.171 e. The Morgan fingerprint density at radius 1 is 1.16 bits per heavy atom. The zero-order chi connectivity index (χ0) is 13.7. The normalized spacial score (nSPS) is 26.8. The summed E-state index contributed by atoms with van der Waals surface area (Å²) in [5.74, 6) is 0.186. The van der Waals surface area contributed by atoms with Crippen LogP contribution < -0.4 is 0 Å². The number of hydrogen-bond acceptors (Lipinski definition) is 2. The minimum absolute atomic E-state index is 0.349. The van der Waals surface area contributed by atoms with Crippen molar-refractivity contribution >= 4 is 0 Å². The summed E-state index contributed by atoms with van der Waals surface area (Å²) in [5.41, 5.74) is 2.60. The summed E-state index contributed by atoms with van der Waals surface area (Å²) < 4.78 is 11.9. The first-order valence-corrected chi connectivity index (χ1v) is 7.51. The molecule has 0 radical (unpaired) electrons. The second kappa shape index (κ2) is 6.53. The number of hydrogen-bond donors (Lipinski definition) is 0. The highest BCUT2D eigenvalue weighted by Gasteiger charge is 2.43. The van der Waals surface area contributed by atoms with E-state index >= 15 is 0 Å². The number of rotatable bonds is 6. The number of benzene rings is 1. The minimum atomic E-state index is -0.349. The lowest BCUT2D eigenvalue weighted by molar-refractivity contribution is -0.249. The molecule has 2 nitrogen and oxygen atoms in total. The van der Waals surface area contributed by atoms with E-state index in [1.54, 1.807) is 7.11 Å². The highest BCUT2D eigenvalue weighted by Crippen LogP contribution is 2.41. The summed E-state index contributed by atoms with van der Waals surface area (Å²) in [4.78, 5) is 0. The quantitative estimate of drug-likeness (QED) is 0.711. The average Bonchev–Trinajstić information content (AvgIpc) is 2.89. The Labute approximate surface area is 117 Å². The van der Waals surface area contributed by atoms with E-state index in [1.165, 1.54) is 24.0 Å². The molecular formula is C17H26O2. The Morgan fingerprint density at radius 3 is 2.42 bits per heavy atom. The molecule has 0 aliphatic heterocycles. The molecule has 1 aromatic carbocycles. The number of ether oxygens (including phenoxy) is 2. The molecule has 2 rings (SSSR count). The van der Waals surface area contributed by atoms with Gasteiger partial charge >= 0.3 is 0 Å². The number of aryl methyl sites for hydroxylation is 1. The molecule has 0 bridgehead atoms. The lowest BCUT2D eigenvalue weighted by atomic mass is 9.99. The second-order valence-electron chi connectivity index (χ2n) is 5.47. The van der Waals surface area contributed by atoms with Crippen LogP contribution in [0.4, 0.5) is 0 Å². The molecule has 0 spiro atoms. The van der Waals surface area contributed by atoms with E-state index in [0.717, 1.165) is 19.3 Å². The lowest BCUT2D eigenvalue weighted by Gasteiger charge is -2.33. The first-order valence-electron chi connectivity index (χ1n) is 7.51. The lowest BCUT2D eigenvalue weighted by Crippen LogP contribution is -2.38. The van der Waals surface area contributed by atoms with Crippen molar-refractivity contribution < 1.29 is 9.47 Å². The maximum absolute atomic E-state index is 6.18. The van der Waals surface area contributed by atoms with Gasteiger partial charge in [0, 0.05) is 19.4 Å². The van der Waals surface area contributed by atoms with Crippen LogP contribution in [0.1, 0.15) is 50.7 Å². The fourth-order valence-corrected chi connectivity index (χ4v) is 3.13. The highest BCUT2D eigenvalue weighted by atomic mass is 16.7. The molecule has 1 aromatic rings. The van der Waals surface area contributed by atoms with Gasteiger partial charge in [0.2, 0.25) is 0 Å². The molecule has 0 amide bonds. The minimum Gasteiger partial charge on any atom is -0.353 e. The van der Waals surface area contributed by atoms with Gasteiger partial charge in [-0.05, 0) is 36.8 Å². The van der Waals surface area contributed by atoms with E-state index in [0.29, 0.717) is 12.5 Å². The Bertz CT molecular complexity index is 385. The zero-order valence-corrected chi connectivity index (χ0v) is 12.4. The van der Waals surface area contributed by atoms with Crippen LogP contribution in [0.2, 0.25) is 0 Å². The van der Waals surface area contributed by atoms with Gasteiger partial charge in [-0.3, -0.25) is 0 Å². The summed E-state index contributed by atoms with van der Waals surface area (Å²) in [7, 11) is 1.79. The van der Waals surface area contributed by atoms with Crippen LogP contribution in [0, 0.1) is 5.92 Å². The molecule has 2 heteroatoms. The first-order chi connectivity index (χ1) is 9.24. The van der Waals surface area contributed by atoms with Gasteiger partial charge in [0.25, 0.3) is 0 Å². The van der Waals surface area contributed by atoms with Gasteiger partial charge in [-0.1, -0.05) is 38.1 Å². The van der Waals surface area contributed by atoms with Gasteiger partial charge in [0.05, 0.1) is 6.61 Å². The van der Waals surface area contributed by atoms with Crippen molar-refractivity contribution in [2.45, 2.75) is 58.3 Å². The smallest absolute Gasteiger partial charge is 0.171 e. The van der Waals surface area contributed by atoms with Crippen LogP contribution in [0.3, 0.4) is 0 Å². The first kappa shape index (κ1) is 14.5. The van der Waals surface area contributed by atoms with Crippen molar-refractivity contribution in [1.29, 1.82) is 0 Å². The fourth-order valence-electron chi connectivity index (χ4n) is 3.13. The van der Waals surface area contributed by atoms with Gasteiger partial charge in [-0.25, -0.2) is 0 Å². The third kappa shape index (κ3) is 3.18. The van der Waals surface area contributed by atoms with Crippen molar-refractivity contribution in [2.24, 2.45) is 5.92 Å². The predicted molar refractivity (Wildman–Crippen MR) is 78.0 cm³/mol. The molecule has 19 heavy (non-hydrogen) atoms. The molecule has 2 unspecified atom stereocenters. The summed E-state index contributed by atoms with van der Waals surface area (Å²) in [6.45, 7) is 5.05. The molecule has 0 aromatic heterocycles. The van der Waals surface area contributed by atoms with Gasteiger partial charge < -0.3 is 9.47 Å². The Hall–Kier alpha value is -0.860. The van der Waals surface area contributed by atoms with Crippen LogP contribution in [0.25, 0.3) is 0 Å². The van der Waals surface area contributed by atoms with Crippen LogP contribution in [-0.4, -0.2) is 12.9 Å². The molecule has 1 aliphatic rings. The van der Waals surface area contributed by atoms with Crippen molar-refractivity contribution in [2.75, 3.05) is 7.11 Å². The van der Waals surface area contributed by atoms with E-state index in [4.69, 9.17) is 9.47 Å². The molecular weight excluding hydrogens is 236 g/mol. The molecule has 2 atom stereocenters. The van der Waals surface area contributed by atoms with Gasteiger partial charge in [-0.2, -0.15) is 0 Å². The van der Waals surface area contributed by atoms with E-state index in [9.17, 15) is 0 Å². The SMILES string of the molecule is CCc1ccc(COC2(OC)CCCC2CC)cc1. The van der Waals surface area contributed by atoms with Gasteiger partial charge in [0.1, 0.15) is 0 Å². The fraction of sp³-hybridized carbons (Fsp3) is 0.647. The summed E-state index contributed by atoms with van der Waals surface area (Å²) in [5, 5.41) is 0. The molecule has 106 valence electrons. The van der Waals surface area contributed by atoms with Crippen LogP contribution in [-0.2, 0) is 22.5 Å². The van der Waals surface area contributed by atoms with Crippen molar-refractivity contribution in [3.05, 3.63) is 35.4 Å². The van der Waals surface area contributed by atoms with Crippen molar-refractivity contribution in [3.8, 4) is 0 Å². The zero-order valence-electron chi connectivity index (χ0n) is 12.4. The highest BCUT2D eigenvalue weighted by molar-refractivity contribution is 5.21. The van der Waals surface area contributed by atoms with E-state index < -0.39 is 0 Å². The number of methoxy groups -OCH3 is 1. The van der Waals surface area contributed by atoms with Crippen LogP contribution in [0.15, 0.2) is 24.3 Å². The Kier molecular flexibility index (Phi) is 5.00. The standard InChI is InChI=1S/C17H26O2/c1-4-14-8-10-15(11-9-14)13-19-17(18-3)12-6-7-16(17)5-2/h8-11,16H,4-7,12-13H2,1-3H3. The third-order valence-electron chi connectivity index (χ3n) is 4.45. The Balaban J connectivity index is 1.99. The monoisotopic (exact) mass is 262 g/mol. The molecule has 1 fully saturated rings. The average molecular weight is 262 g/mol. The van der Waals surface area contributed by atoms with Gasteiger partial charge in [0.15, 0.2) is 5.79 Å². The Morgan fingerprint density at radius 2 is 1.84 bits per heavy atom. The van der Waals surface area contributed by atoms with Crippen molar-refractivity contribution in [3.63, 3.8) is 0 Å². The van der Waals surface area contributed by atoms with Crippen molar-refractivity contribution in [1.82, 2.24) is 0 Å². The maximum atomic E-state index is 6.18. The van der Waals surface area contributed by atoms with Crippen LogP contribution >= 0.6 is 0 Å². The predicted octanol–water partition coefficient (Wildman–Crippen LogP) is 4.32. The summed E-state index contributed by atoms with van der Waals surface area (Å²) in [6, 6.07) is 8.70. The van der Waals surface area contributed by atoms with Gasteiger partial charge in [-0.15, -0.1) is 0 Å². The third-order valence-corrected chi connectivity index (χ3v) is 4.45. The largest absolute Gasteiger partial charge is 0.353 e. The molecule has 1 saturated carbocycles. The topological polar surface area (TPSA) is 18.5 Å². The molecule has 0 heterocycles. The molecule has 0 saturated heterocycles.